The number of phenols is 1. The summed E-state index contributed by atoms with van der Waals surface area (Å²) < 4.78 is 0. The number of amides is 1. The third kappa shape index (κ3) is 5.78. The molecule has 0 saturated heterocycles. The molecule has 0 heterocycles. The van der Waals surface area contributed by atoms with Crippen molar-refractivity contribution in [3.63, 3.8) is 0 Å². The van der Waals surface area contributed by atoms with E-state index in [9.17, 15) is 19.8 Å². The van der Waals surface area contributed by atoms with Crippen molar-refractivity contribution >= 4 is 11.9 Å². The van der Waals surface area contributed by atoms with Crippen LogP contribution in [0.4, 0.5) is 0 Å². The molecule has 1 amide bonds. The summed E-state index contributed by atoms with van der Waals surface area (Å²) in [6.07, 6.45) is 0.0203. The van der Waals surface area contributed by atoms with Gasteiger partial charge in [0.25, 0.3) is 0 Å². The molecule has 0 saturated carbocycles. The smallest absolute Gasteiger partial charge is 0.326 e. The highest BCUT2D eigenvalue weighted by Gasteiger charge is 2.29. The number of aliphatic carboxylic acids is 1. The van der Waals surface area contributed by atoms with Crippen LogP contribution in [0.15, 0.2) is 24.3 Å². The van der Waals surface area contributed by atoms with E-state index in [-0.39, 0.29) is 18.7 Å². The lowest BCUT2D eigenvalue weighted by molar-refractivity contribution is -0.141. The van der Waals surface area contributed by atoms with Gasteiger partial charge in [0.05, 0.1) is 31.9 Å². The first-order valence-electron chi connectivity index (χ1n) is 7.23. The minimum Gasteiger partial charge on any atom is -0.508 e. The highest BCUT2D eigenvalue weighted by atomic mass is 16.4. The summed E-state index contributed by atoms with van der Waals surface area (Å²) in [5, 5.41) is 50.7. The molecule has 1 atom stereocenters. The molecular formula is C15H22N2O7. The van der Waals surface area contributed by atoms with Crippen LogP contribution in [0.25, 0.3) is 0 Å². The number of phenolic OH excluding ortho intramolecular Hbond substituents is 1. The molecule has 0 radical (unpaired) electrons. The van der Waals surface area contributed by atoms with Crippen molar-refractivity contribution in [1.82, 2.24) is 10.6 Å². The second kappa shape index (κ2) is 9.18. The number of hydrogen-bond donors (Lipinski definition) is 7. The maximum absolute atomic E-state index is 11.9. The van der Waals surface area contributed by atoms with Gasteiger partial charge in [-0.25, -0.2) is 4.79 Å². The molecule has 0 aliphatic heterocycles. The summed E-state index contributed by atoms with van der Waals surface area (Å²) in [6, 6.07) is 4.73. The number of aliphatic hydroxyl groups is 3. The van der Waals surface area contributed by atoms with Crippen molar-refractivity contribution in [2.45, 2.75) is 18.0 Å². The minimum absolute atomic E-state index is 0.0203. The monoisotopic (exact) mass is 342 g/mol. The van der Waals surface area contributed by atoms with Crippen molar-refractivity contribution in [3.05, 3.63) is 29.8 Å². The molecule has 7 N–H and O–H groups in total. The van der Waals surface area contributed by atoms with Crippen molar-refractivity contribution in [3.8, 4) is 5.75 Å². The van der Waals surface area contributed by atoms with E-state index in [4.69, 9.17) is 15.3 Å². The number of rotatable bonds is 10. The van der Waals surface area contributed by atoms with Crippen molar-refractivity contribution in [2.24, 2.45) is 0 Å². The number of carboxylic acid groups (broad SMARTS) is 1. The molecular weight excluding hydrogens is 320 g/mol. The number of hydrogen-bond acceptors (Lipinski definition) is 7. The van der Waals surface area contributed by atoms with Crippen LogP contribution >= 0.6 is 0 Å². The van der Waals surface area contributed by atoms with Crippen molar-refractivity contribution in [1.29, 1.82) is 0 Å². The van der Waals surface area contributed by atoms with Crippen LogP contribution in [0, 0.1) is 0 Å². The van der Waals surface area contributed by atoms with Gasteiger partial charge < -0.3 is 30.8 Å². The van der Waals surface area contributed by atoms with Gasteiger partial charge in [-0.1, -0.05) is 12.1 Å². The van der Waals surface area contributed by atoms with Crippen LogP contribution in [0.5, 0.6) is 5.75 Å². The van der Waals surface area contributed by atoms with E-state index in [1.54, 1.807) is 12.1 Å². The summed E-state index contributed by atoms with van der Waals surface area (Å²) in [6.45, 7) is -2.17. The molecule has 0 fully saturated rings. The van der Waals surface area contributed by atoms with E-state index in [2.05, 4.69) is 10.6 Å². The predicted molar refractivity (Wildman–Crippen MR) is 83.4 cm³/mol. The average Bonchev–Trinajstić information content (AvgIpc) is 2.58. The highest BCUT2D eigenvalue weighted by Crippen LogP contribution is 2.11. The van der Waals surface area contributed by atoms with E-state index in [1.165, 1.54) is 12.1 Å². The van der Waals surface area contributed by atoms with Gasteiger partial charge in [0.2, 0.25) is 5.91 Å². The zero-order valence-electron chi connectivity index (χ0n) is 13.0. The molecule has 1 aromatic rings. The molecule has 134 valence electrons. The number of carboxylic acids is 1. The van der Waals surface area contributed by atoms with Crippen molar-refractivity contribution in [2.75, 3.05) is 26.4 Å². The van der Waals surface area contributed by atoms with Gasteiger partial charge in [-0.05, 0) is 17.7 Å². The Bertz CT molecular complexity index is 535. The van der Waals surface area contributed by atoms with Crippen LogP contribution in [-0.2, 0) is 16.0 Å². The Kier molecular flexibility index (Phi) is 7.59. The Morgan fingerprint density at radius 3 is 2.04 bits per heavy atom. The van der Waals surface area contributed by atoms with Gasteiger partial charge in [-0.2, -0.15) is 0 Å². The Hall–Kier alpha value is -2.20. The lowest BCUT2D eigenvalue weighted by Crippen LogP contribution is -2.58. The number of nitrogens with one attached hydrogen (secondary N) is 2. The molecule has 1 aromatic carbocycles. The minimum atomic E-state index is -1.42. The molecule has 9 nitrogen and oxygen atoms in total. The van der Waals surface area contributed by atoms with Gasteiger partial charge in [-0.15, -0.1) is 0 Å². The summed E-state index contributed by atoms with van der Waals surface area (Å²) in [4.78, 5) is 23.1. The second-order valence-electron chi connectivity index (χ2n) is 5.44. The predicted octanol–water partition coefficient (Wildman–Crippen LogP) is -2.19. The standard InChI is InChI=1S/C15H22N2O7/c18-7-15(8-19,9-20)16-6-13(22)17-12(14(23)24)5-10-1-3-11(21)4-2-10/h1-4,12,16,18-21H,5-9H2,(H,17,22)(H,23,24). The van der Waals surface area contributed by atoms with Crippen LogP contribution in [0.1, 0.15) is 5.56 Å². The first-order chi connectivity index (χ1) is 11.4. The SMILES string of the molecule is O=C(CNC(CO)(CO)CO)NC(Cc1ccc(O)cc1)C(=O)O. The highest BCUT2D eigenvalue weighted by molar-refractivity contribution is 5.84. The summed E-state index contributed by atoms with van der Waals surface area (Å²) in [7, 11) is 0. The Balaban J connectivity index is 2.63. The molecule has 24 heavy (non-hydrogen) atoms. The van der Waals surface area contributed by atoms with Gasteiger partial charge >= 0.3 is 5.97 Å². The van der Waals surface area contributed by atoms with Gasteiger partial charge in [0.15, 0.2) is 0 Å². The molecule has 0 spiro atoms. The van der Waals surface area contributed by atoms with Gasteiger partial charge in [0, 0.05) is 6.42 Å². The van der Waals surface area contributed by atoms with Crippen LogP contribution in [0.2, 0.25) is 0 Å². The molecule has 0 aliphatic rings. The van der Waals surface area contributed by atoms with E-state index in [0.29, 0.717) is 5.56 Å². The normalized spacial score (nSPS) is 12.6. The van der Waals surface area contributed by atoms with Crippen molar-refractivity contribution < 1.29 is 35.1 Å². The maximum atomic E-state index is 11.9. The van der Waals surface area contributed by atoms with Crippen LogP contribution < -0.4 is 10.6 Å². The fourth-order valence-corrected chi connectivity index (χ4v) is 1.90. The van der Waals surface area contributed by atoms with E-state index in [0.717, 1.165) is 0 Å². The number of carbonyl (C=O) groups is 2. The first-order valence-corrected chi connectivity index (χ1v) is 7.23. The van der Waals surface area contributed by atoms with Gasteiger partial charge in [0.1, 0.15) is 11.8 Å². The average molecular weight is 342 g/mol. The number of aromatic hydroxyl groups is 1. The topological polar surface area (TPSA) is 159 Å². The quantitative estimate of drug-likeness (QED) is 0.252. The van der Waals surface area contributed by atoms with E-state index >= 15 is 0 Å². The summed E-state index contributed by atoms with van der Waals surface area (Å²) in [5.41, 5.74) is -0.809. The largest absolute Gasteiger partial charge is 0.508 e. The summed E-state index contributed by atoms with van der Waals surface area (Å²) >= 11 is 0. The third-order valence-corrected chi connectivity index (χ3v) is 3.54. The zero-order valence-corrected chi connectivity index (χ0v) is 13.0. The Morgan fingerprint density at radius 1 is 1.04 bits per heavy atom. The lowest BCUT2D eigenvalue weighted by Gasteiger charge is -2.28. The molecule has 0 bridgehead atoms. The lowest BCUT2D eigenvalue weighted by atomic mass is 10.0. The molecule has 9 heteroatoms. The maximum Gasteiger partial charge on any atom is 0.326 e. The van der Waals surface area contributed by atoms with Crippen LogP contribution in [0.3, 0.4) is 0 Å². The fraction of sp³-hybridized carbons (Fsp3) is 0.467. The molecule has 1 unspecified atom stereocenters. The number of benzene rings is 1. The second-order valence-corrected chi connectivity index (χ2v) is 5.44. The number of carbonyl (C=O) groups excluding carboxylic acids is 1. The van der Waals surface area contributed by atoms with Crippen LogP contribution in [-0.4, -0.2) is 75.4 Å². The van der Waals surface area contributed by atoms with E-state index in [1.807, 2.05) is 0 Å². The molecule has 1 rings (SSSR count). The molecule has 0 aliphatic carbocycles. The summed E-state index contributed by atoms with van der Waals surface area (Å²) in [5.74, 6) is -1.85. The zero-order chi connectivity index (χ0) is 18.2. The first kappa shape index (κ1) is 19.8. The molecule has 0 aromatic heterocycles. The van der Waals surface area contributed by atoms with Gasteiger partial charge in [-0.3, -0.25) is 10.1 Å². The third-order valence-electron chi connectivity index (χ3n) is 3.54. The fourth-order valence-electron chi connectivity index (χ4n) is 1.90. The number of aliphatic hydroxyl groups excluding tert-OH is 3. The Labute approximate surface area is 138 Å². The van der Waals surface area contributed by atoms with E-state index < -0.39 is 43.3 Å². The Morgan fingerprint density at radius 2 is 1.58 bits per heavy atom.